The molecule has 46 valence electrons. The highest BCUT2D eigenvalue weighted by molar-refractivity contribution is 7.66. The zero-order valence-electron chi connectivity index (χ0n) is 4.21. The number of carbonyl (C=O) groups is 1. The highest BCUT2D eigenvalue weighted by Crippen LogP contribution is 1.72. The monoisotopic (exact) mass is 135 g/mol. The molecule has 0 aromatic rings. The van der Waals surface area contributed by atoms with Crippen molar-refractivity contribution >= 4 is 22.4 Å². The summed E-state index contributed by atoms with van der Waals surface area (Å²) >= 11 is 0.0967. The Kier molecular flexibility index (Phi) is 2.86. The van der Waals surface area contributed by atoms with E-state index in [1.807, 2.05) is 0 Å². The van der Waals surface area contributed by atoms with Crippen LogP contribution in [-0.4, -0.2) is 15.4 Å². The maximum atomic E-state index is 9.80. The Morgan fingerprint density at radius 2 is 2.25 bits per heavy atom. The van der Waals surface area contributed by atoms with Gasteiger partial charge in [0.1, 0.15) is 11.3 Å². The molecule has 0 aromatic heterocycles. The van der Waals surface area contributed by atoms with Crippen molar-refractivity contribution < 1.29 is 13.7 Å². The summed E-state index contributed by atoms with van der Waals surface area (Å²) in [6.45, 7) is 1.36. The lowest BCUT2D eigenvalue weighted by Gasteiger charge is -1.90. The summed E-state index contributed by atoms with van der Waals surface area (Å²) in [4.78, 5) is 9.80. The van der Waals surface area contributed by atoms with Crippen LogP contribution in [0, 0.1) is 0 Å². The molecule has 0 aliphatic carbocycles. The minimum absolute atomic E-state index is 0.0116. The quantitative estimate of drug-likeness (QED) is 0.453. The number of primary amides is 1. The van der Waals surface area contributed by atoms with Crippen LogP contribution in [0.1, 0.15) is 6.92 Å². The first-order valence-electron chi connectivity index (χ1n) is 1.77. The van der Waals surface area contributed by atoms with Gasteiger partial charge in [0.2, 0.25) is 0 Å². The van der Waals surface area contributed by atoms with Gasteiger partial charge in [0.05, 0.1) is 0 Å². The molecule has 0 radical (unpaired) electrons. The zero-order chi connectivity index (χ0) is 6.57. The van der Waals surface area contributed by atoms with Crippen LogP contribution in [0.4, 0.5) is 4.79 Å². The number of amides is 1. The van der Waals surface area contributed by atoms with Crippen molar-refractivity contribution in [2.24, 2.45) is 5.73 Å². The van der Waals surface area contributed by atoms with Gasteiger partial charge in [-0.3, -0.25) is 0 Å². The smallest absolute Gasteiger partial charge is 0.401 e. The van der Waals surface area contributed by atoms with Crippen LogP contribution in [0.5, 0.6) is 0 Å². The van der Waals surface area contributed by atoms with E-state index in [2.05, 4.69) is 10.5 Å². The van der Waals surface area contributed by atoms with Crippen LogP contribution in [0.25, 0.3) is 0 Å². The van der Waals surface area contributed by atoms with E-state index in [1.165, 1.54) is 6.92 Å². The second-order valence-corrected chi connectivity index (χ2v) is 1.74. The van der Waals surface area contributed by atoms with Crippen molar-refractivity contribution in [3.8, 4) is 0 Å². The van der Waals surface area contributed by atoms with Gasteiger partial charge in [-0.05, 0) is 0 Å². The summed E-state index contributed by atoms with van der Waals surface area (Å²) in [6.07, 6.45) is -0.953. The maximum absolute atomic E-state index is 9.80. The van der Waals surface area contributed by atoms with Crippen molar-refractivity contribution in [1.29, 1.82) is 0 Å². The zero-order valence-corrected chi connectivity index (χ0v) is 5.03. The third-order valence-electron chi connectivity index (χ3n) is 0.362. The Bertz CT molecular complexity index is 149. The molecule has 5 heteroatoms. The minimum Gasteiger partial charge on any atom is -0.401 e. The fraction of sp³-hybridized carbons (Fsp3) is 0.333. The molecular formula is C3H5NO3S. The van der Waals surface area contributed by atoms with Gasteiger partial charge in [-0.2, -0.15) is 0 Å². The van der Waals surface area contributed by atoms with Crippen LogP contribution < -0.4 is 5.73 Å². The van der Waals surface area contributed by atoms with Gasteiger partial charge < -0.3 is 10.5 Å². The van der Waals surface area contributed by atoms with Gasteiger partial charge in [0.15, 0.2) is 5.05 Å². The van der Waals surface area contributed by atoms with Gasteiger partial charge >= 0.3 is 6.09 Å². The molecule has 8 heavy (non-hydrogen) atoms. The fourth-order valence-electron chi connectivity index (χ4n) is 0.159. The molecule has 0 heterocycles. The summed E-state index contributed by atoms with van der Waals surface area (Å²) in [5.74, 6) is 0. The van der Waals surface area contributed by atoms with E-state index in [0.717, 1.165) is 0 Å². The predicted octanol–water partition coefficient (Wildman–Crippen LogP) is -0.555. The minimum atomic E-state index is -0.953. The predicted molar refractivity (Wildman–Crippen MR) is 29.5 cm³/mol. The average Bonchev–Trinajstić information content (AvgIpc) is 1.65. The molecule has 0 atom stereocenters. The lowest BCUT2D eigenvalue weighted by Crippen LogP contribution is -2.15. The highest BCUT2D eigenvalue weighted by atomic mass is 32.1. The van der Waals surface area contributed by atoms with Crippen LogP contribution >= 0.6 is 0 Å². The molecule has 0 aliphatic heterocycles. The lowest BCUT2D eigenvalue weighted by atomic mass is 10.9. The Balaban J connectivity index is 3.74. The van der Waals surface area contributed by atoms with Crippen LogP contribution in [0.15, 0.2) is 0 Å². The Morgan fingerprint density at radius 1 is 1.75 bits per heavy atom. The number of rotatable bonds is 0. The van der Waals surface area contributed by atoms with Crippen LogP contribution in [0.3, 0.4) is 0 Å². The second-order valence-electron chi connectivity index (χ2n) is 0.996. The average molecular weight is 135 g/mol. The molecule has 4 nitrogen and oxygen atoms in total. The molecule has 0 aromatic carbocycles. The first-order chi connectivity index (χ1) is 3.66. The molecule has 0 spiro atoms. The standard InChI is InChI=1S/C3H5NO3S/c1-2(8-6)7-3(4)5/h1H3,(H2,4,5). The van der Waals surface area contributed by atoms with E-state index in [0.29, 0.717) is 0 Å². The van der Waals surface area contributed by atoms with Crippen molar-refractivity contribution in [3.63, 3.8) is 0 Å². The van der Waals surface area contributed by atoms with E-state index in [1.54, 1.807) is 0 Å². The van der Waals surface area contributed by atoms with Gasteiger partial charge in [-0.15, -0.1) is 0 Å². The molecule has 0 bridgehead atoms. The van der Waals surface area contributed by atoms with Crippen molar-refractivity contribution in [2.75, 3.05) is 0 Å². The largest absolute Gasteiger partial charge is 0.410 e. The third-order valence-corrected chi connectivity index (χ3v) is 0.680. The fourth-order valence-corrected chi connectivity index (χ4v) is 0.275. The molecule has 0 unspecified atom stereocenters. The summed E-state index contributed by atoms with van der Waals surface area (Å²) in [7, 11) is 0. The number of nitrogens with two attached hydrogens (primary N) is 1. The molecule has 1 amide bonds. The molecule has 0 fully saturated rings. The van der Waals surface area contributed by atoms with E-state index < -0.39 is 6.09 Å². The summed E-state index contributed by atoms with van der Waals surface area (Å²) in [5, 5.41) is 0.0116. The molecule has 2 N–H and O–H groups in total. The normalized spacial score (nSPS) is 7.62. The number of ether oxygens (including phenoxy) is 1. The number of hydrogen-bond donors (Lipinski definition) is 1. The van der Waals surface area contributed by atoms with Gasteiger partial charge in [0.25, 0.3) is 0 Å². The van der Waals surface area contributed by atoms with Crippen molar-refractivity contribution in [2.45, 2.75) is 6.92 Å². The molecule has 0 saturated heterocycles. The third kappa shape index (κ3) is 3.35. The van der Waals surface area contributed by atoms with Gasteiger partial charge in [-0.25, -0.2) is 9.00 Å². The summed E-state index contributed by atoms with van der Waals surface area (Å²) in [5.41, 5.74) is 4.53. The first-order valence-corrected chi connectivity index (χ1v) is 2.51. The summed E-state index contributed by atoms with van der Waals surface area (Å²) in [6, 6.07) is 0. The van der Waals surface area contributed by atoms with Crippen molar-refractivity contribution in [3.05, 3.63) is 0 Å². The molecule has 0 rings (SSSR count). The summed E-state index contributed by atoms with van der Waals surface area (Å²) < 4.78 is 13.8. The van der Waals surface area contributed by atoms with E-state index in [9.17, 15) is 9.00 Å². The molecule has 0 aliphatic rings. The SMILES string of the molecule is CC(OC(N)=O)=S=O. The van der Waals surface area contributed by atoms with Crippen molar-refractivity contribution in [1.82, 2.24) is 0 Å². The van der Waals surface area contributed by atoms with Gasteiger partial charge in [-0.1, -0.05) is 0 Å². The molecule has 0 saturated carbocycles. The van der Waals surface area contributed by atoms with E-state index >= 15 is 0 Å². The Hall–Kier alpha value is -0.840. The first kappa shape index (κ1) is 7.16. The number of carbonyl (C=O) groups excluding carboxylic acids is 1. The highest BCUT2D eigenvalue weighted by Gasteiger charge is 1.93. The number of hydrogen-bond acceptors (Lipinski definition) is 3. The maximum Gasteiger partial charge on any atom is 0.410 e. The lowest BCUT2D eigenvalue weighted by molar-refractivity contribution is 0.209. The van der Waals surface area contributed by atoms with E-state index in [-0.39, 0.29) is 16.3 Å². The topological polar surface area (TPSA) is 69.4 Å². The molecular weight excluding hydrogens is 130 g/mol. The Labute approximate surface area is 49.7 Å². The van der Waals surface area contributed by atoms with Gasteiger partial charge in [0, 0.05) is 6.92 Å². The van der Waals surface area contributed by atoms with Crippen LogP contribution in [0.2, 0.25) is 0 Å². The Morgan fingerprint density at radius 3 is 2.38 bits per heavy atom. The van der Waals surface area contributed by atoms with Crippen LogP contribution in [-0.2, 0) is 16.0 Å². The van der Waals surface area contributed by atoms with E-state index in [4.69, 9.17) is 0 Å². The second kappa shape index (κ2) is 3.20.